The molecule has 1 amide bonds. The Hall–Kier alpha value is -4.11. The van der Waals surface area contributed by atoms with Gasteiger partial charge >= 0.3 is 5.97 Å². The molecule has 0 unspecified atom stereocenters. The number of nitrogens with zero attached hydrogens (tertiary/aromatic N) is 2. The van der Waals surface area contributed by atoms with Crippen molar-refractivity contribution in [2.45, 2.75) is 50.6 Å². The fourth-order valence-corrected chi connectivity index (χ4v) is 6.24. The van der Waals surface area contributed by atoms with E-state index in [0.29, 0.717) is 17.2 Å². The molecule has 9 heteroatoms. The Morgan fingerprint density at radius 3 is 2.74 bits per heavy atom. The summed E-state index contributed by atoms with van der Waals surface area (Å²) in [6.07, 6.45) is 7.65. The van der Waals surface area contributed by atoms with Gasteiger partial charge < -0.3 is 25.1 Å². The Kier molecular flexibility index (Phi) is 6.37. The van der Waals surface area contributed by atoms with Crippen LogP contribution >= 0.6 is 11.3 Å². The summed E-state index contributed by atoms with van der Waals surface area (Å²) >= 11 is 1.65. The summed E-state index contributed by atoms with van der Waals surface area (Å²) in [7, 11) is 0. The first kappa shape index (κ1) is 24.2. The Bertz CT molecular complexity index is 1630. The molecule has 5 aromatic rings. The zero-order chi connectivity index (χ0) is 26.2. The summed E-state index contributed by atoms with van der Waals surface area (Å²) in [6.45, 7) is 0. The molecule has 3 heterocycles. The third-order valence-corrected chi connectivity index (χ3v) is 8.28. The molecule has 0 aliphatic heterocycles. The molecule has 1 saturated carbocycles. The van der Waals surface area contributed by atoms with Gasteiger partial charge in [-0.05, 0) is 66.2 Å². The minimum Gasteiger partial charge on any atom is -0.508 e. The van der Waals surface area contributed by atoms with Gasteiger partial charge in [0.25, 0.3) is 5.91 Å². The number of H-pyrrole nitrogens is 1. The number of phenolic OH excluding ortho intramolecular Hbond substituents is 1. The van der Waals surface area contributed by atoms with Crippen LogP contribution in [-0.2, 0) is 11.2 Å². The second-order valence-corrected chi connectivity index (χ2v) is 10.8. The number of phenols is 1. The summed E-state index contributed by atoms with van der Waals surface area (Å²) in [4.78, 5) is 34.4. The lowest BCUT2D eigenvalue weighted by atomic mass is 9.95. The average molecular weight is 529 g/mol. The van der Waals surface area contributed by atoms with E-state index in [-0.39, 0.29) is 12.2 Å². The Balaban J connectivity index is 1.29. The molecule has 1 fully saturated rings. The summed E-state index contributed by atoms with van der Waals surface area (Å²) in [6, 6.07) is 13.6. The van der Waals surface area contributed by atoms with Crippen molar-refractivity contribution >= 4 is 45.1 Å². The maximum Gasteiger partial charge on any atom is 0.326 e. The van der Waals surface area contributed by atoms with Gasteiger partial charge in [0.2, 0.25) is 0 Å². The van der Waals surface area contributed by atoms with Crippen molar-refractivity contribution < 1.29 is 19.8 Å². The van der Waals surface area contributed by atoms with Gasteiger partial charge in [-0.1, -0.05) is 25.3 Å². The van der Waals surface area contributed by atoms with E-state index >= 15 is 0 Å². The number of amides is 1. The van der Waals surface area contributed by atoms with Crippen LogP contribution in [0, 0.1) is 0 Å². The SMILES string of the molecule is O=C(N[C@@H](Cc1c[nH]c2ccc(O)cc12)C(=O)O)c1ccc2c(c1)nc(-c1cccs1)n2C1CCCCC1. The zero-order valence-corrected chi connectivity index (χ0v) is 21.5. The second kappa shape index (κ2) is 9.98. The first-order valence-corrected chi connectivity index (χ1v) is 13.7. The van der Waals surface area contributed by atoms with Crippen molar-refractivity contribution in [2.75, 3.05) is 0 Å². The van der Waals surface area contributed by atoms with Gasteiger partial charge in [0.15, 0.2) is 5.82 Å². The number of carboxylic acid groups (broad SMARTS) is 1. The highest BCUT2D eigenvalue weighted by atomic mass is 32.1. The van der Waals surface area contributed by atoms with Crippen LogP contribution in [0.25, 0.3) is 32.6 Å². The first-order valence-electron chi connectivity index (χ1n) is 12.9. The highest BCUT2D eigenvalue weighted by Crippen LogP contribution is 2.37. The zero-order valence-electron chi connectivity index (χ0n) is 20.7. The van der Waals surface area contributed by atoms with Crippen molar-refractivity contribution in [1.82, 2.24) is 19.9 Å². The van der Waals surface area contributed by atoms with E-state index in [0.717, 1.165) is 45.5 Å². The minimum absolute atomic E-state index is 0.0750. The van der Waals surface area contributed by atoms with Gasteiger partial charge in [-0.2, -0.15) is 0 Å². The number of carboxylic acids is 1. The lowest BCUT2D eigenvalue weighted by Gasteiger charge is -2.25. The van der Waals surface area contributed by atoms with E-state index < -0.39 is 17.9 Å². The normalized spacial score (nSPS) is 15.2. The molecule has 6 rings (SSSR count). The van der Waals surface area contributed by atoms with E-state index in [1.807, 2.05) is 17.5 Å². The van der Waals surface area contributed by atoms with Gasteiger partial charge in [0, 0.05) is 35.1 Å². The molecule has 1 aliphatic rings. The summed E-state index contributed by atoms with van der Waals surface area (Å²) < 4.78 is 2.33. The van der Waals surface area contributed by atoms with Crippen molar-refractivity contribution in [2.24, 2.45) is 0 Å². The number of imidazole rings is 1. The van der Waals surface area contributed by atoms with Gasteiger partial charge in [0.1, 0.15) is 11.8 Å². The maximum absolute atomic E-state index is 13.2. The molecule has 0 bridgehead atoms. The smallest absolute Gasteiger partial charge is 0.326 e. The topological polar surface area (TPSA) is 120 Å². The van der Waals surface area contributed by atoms with Crippen LogP contribution in [0.15, 0.2) is 60.1 Å². The van der Waals surface area contributed by atoms with Crippen LogP contribution in [0.5, 0.6) is 5.75 Å². The highest BCUT2D eigenvalue weighted by Gasteiger charge is 2.25. The van der Waals surface area contributed by atoms with E-state index in [2.05, 4.69) is 20.9 Å². The number of aromatic amines is 1. The molecule has 194 valence electrons. The molecule has 38 heavy (non-hydrogen) atoms. The van der Waals surface area contributed by atoms with Gasteiger partial charge in [-0.3, -0.25) is 4.79 Å². The summed E-state index contributed by atoms with van der Waals surface area (Å²) in [5.41, 5.74) is 3.57. The predicted octanol–water partition coefficient (Wildman–Crippen LogP) is 5.88. The molecule has 4 N–H and O–H groups in total. The average Bonchev–Trinajstić information content (AvgIpc) is 3.67. The predicted molar refractivity (Wildman–Crippen MR) is 148 cm³/mol. The number of thiophene rings is 1. The molecule has 0 saturated heterocycles. The number of fused-ring (bicyclic) bond motifs is 2. The van der Waals surface area contributed by atoms with Crippen LogP contribution in [0.1, 0.15) is 54.1 Å². The number of aromatic nitrogens is 3. The van der Waals surface area contributed by atoms with Crippen LogP contribution in [-0.4, -0.2) is 42.7 Å². The van der Waals surface area contributed by atoms with Gasteiger partial charge in [-0.15, -0.1) is 11.3 Å². The molecular formula is C29H28N4O4S. The molecular weight excluding hydrogens is 500 g/mol. The quantitative estimate of drug-likeness (QED) is 0.210. The van der Waals surface area contributed by atoms with E-state index in [1.165, 1.54) is 19.3 Å². The Morgan fingerprint density at radius 2 is 1.97 bits per heavy atom. The van der Waals surface area contributed by atoms with Crippen molar-refractivity contribution in [3.05, 3.63) is 71.2 Å². The largest absolute Gasteiger partial charge is 0.508 e. The fourth-order valence-electron chi connectivity index (χ4n) is 5.53. The van der Waals surface area contributed by atoms with Crippen molar-refractivity contribution in [1.29, 1.82) is 0 Å². The molecule has 3 aromatic heterocycles. The van der Waals surface area contributed by atoms with Crippen LogP contribution in [0.2, 0.25) is 0 Å². The maximum atomic E-state index is 13.2. The standard InChI is InChI=1S/C29H28N4O4S/c34-20-9-10-22-21(15-20)18(16-30-22)14-24(29(36)37)32-28(35)17-8-11-25-23(13-17)31-27(26-7-4-12-38-26)33(25)19-5-2-1-3-6-19/h4,7-13,15-16,19,24,30,34H,1-3,5-6,14H2,(H,32,35)(H,36,37)/t24-/m0/s1. The summed E-state index contributed by atoms with van der Waals surface area (Å²) in [5, 5.41) is 25.2. The fraction of sp³-hybridized carbons (Fsp3) is 0.276. The summed E-state index contributed by atoms with van der Waals surface area (Å²) in [5.74, 6) is -0.579. The van der Waals surface area contributed by atoms with E-state index in [4.69, 9.17) is 4.98 Å². The van der Waals surface area contributed by atoms with Crippen LogP contribution < -0.4 is 5.32 Å². The number of aliphatic carboxylic acids is 1. The minimum atomic E-state index is -1.14. The number of hydrogen-bond donors (Lipinski definition) is 4. The highest BCUT2D eigenvalue weighted by molar-refractivity contribution is 7.13. The van der Waals surface area contributed by atoms with E-state index in [9.17, 15) is 19.8 Å². The molecule has 0 radical (unpaired) electrons. The number of aromatic hydroxyl groups is 1. The monoisotopic (exact) mass is 528 g/mol. The third kappa shape index (κ3) is 4.54. The lowest BCUT2D eigenvalue weighted by molar-refractivity contribution is -0.139. The Morgan fingerprint density at radius 1 is 1.13 bits per heavy atom. The van der Waals surface area contributed by atoms with Crippen LogP contribution in [0.3, 0.4) is 0 Å². The third-order valence-electron chi connectivity index (χ3n) is 7.41. The number of hydrogen-bond acceptors (Lipinski definition) is 5. The molecule has 0 spiro atoms. The van der Waals surface area contributed by atoms with Crippen molar-refractivity contribution in [3.63, 3.8) is 0 Å². The molecule has 1 atom stereocenters. The van der Waals surface area contributed by atoms with Gasteiger partial charge in [-0.25, -0.2) is 9.78 Å². The van der Waals surface area contributed by atoms with Crippen molar-refractivity contribution in [3.8, 4) is 16.5 Å². The number of benzene rings is 2. The first-order chi connectivity index (χ1) is 18.5. The van der Waals surface area contributed by atoms with Gasteiger partial charge in [0.05, 0.1) is 15.9 Å². The molecule has 8 nitrogen and oxygen atoms in total. The number of nitrogens with one attached hydrogen (secondary N) is 2. The molecule has 2 aromatic carbocycles. The number of carbonyl (C=O) groups is 2. The number of carbonyl (C=O) groups excluding carboxylic acids is 1. The van der Waals surface area contributed by atoms with Crippen LogP contribution in [0.4, 0.5) is 0 Å². The lowest BCUT2D eigenvalue weighted by Crippen LogP contribution is -2.42. The molecule has 1 aliphatic carbocycles. The van der Waals surface area contributed by atoms with E-state index in [1.54, 1.807) is 47.9 Å². The Labute approximate surface area is 223 Å². The number of rotatable bonds is 7. The second-order valence-electron chi connectivity index (χ2n) is 9.89.